The van der Waals surface area contributed by atoms with Crippen LogP contribution in [0.3, 0.4) is 0 Å². The van der Waals surface area contributed by atoms with E-state index in [0.29, 0.717) is 10.9 Å². The van der Waals surface area contributed by atoms with Crippen molar-refractivity contribution in [1.82, 2.24) is 25.0 Å². The Morgan fingerprint density at radius 2 is 1.91 bits per heavy atom. The molecule has 1 amide bonds. The summed E-state index contributed by atoms with van der Waals surface area (Å²) in [6, 6.07) is 8.78. The molecule has 2 aliphatic rings. The van der Waals surface area contributed by atoms with Gasteiger partial charge in [0.2, 0.25) is 0 Å². The Bertz CT molecular complexity index is 1130. The van der Waals surface area contributed by atoms with Crippen LogP contribution in [0.15, 0.2) is 42.7 Å². The van der Waals surface area contributed by atoms with Crippen LogP contribution >= 0.6 is 0 Å². The lowest BCUT2D eigenvalue weighted by Crippen LogP contribution is -2.47. The number of aromatic nitrogens is 3. The predicted molar refractivity (Wildman–Crippen MR) is 121 cm³/mol. The maximum Gasteiger partial charge on any atom is 0.357 e. The van der Waals surface area contributed by atoms with E-state index in [1.165, 1.54) is 30.5 Å². The van der Waals surface area contributed by atoms with E-state index in [4.69, 9.17) is 0 Å². The lowest BCUT2D eigenvalue weighted by molar-refractivity contribution is 0.0692. The van der Waals surface area contributed by atoms with Crippen LogP contribution in [-0.4, -0.2) is 62.4 Å². The second-order valence-electron chi connectivity index (χ2n) is 8.86. The van der Waals surface area contributed by atoms with Gasteiger partial charge in [0.05, 0.1) is 5.52 Å². The number of nitrogens with one attached hydrogen (secondary N) is 1. The molecule has 1 aliphatic heterocycles. The van der Waals surface area contributed by atoms with E-state index in [1.54, 1.807) is 24.5 Å². The maximum atomic E-state index is 13.0. The van der Waals surface area contributed by atoms with Crippen LogP contribution in [0.4, 0.5) is 4.79 Å². The Kier molecular flexibility index (Phi) is 5.61. The summed E-state index contributed by atoms with van der Waals surface area (Å²) in [6.45, 7) is 3.14. The number of pyridine rings is 1. The first-order valence-electron chi connectivity index (χ1n) is 11.3. The van der Waals surface area contributed by atoms with Crippen LogP contribution in [0.25, 0.3) is 22.0 Å². The standard InChI is InChI=1S/C24H27N5O3/c30-23(31)22-20-13-17(18-5-2-10-25-14-18)6-7-21(20)29(27-22)24(32)26-19-8-11-28(12-9-19)15-16-3-1-4-16/h2,5-7,10,13-14,16,19H,1,3-4,8-9,11-12,15H2,(H,26,32)(H,30,31). The summed E-state index contributed by atoms with van der Waals surface area (Å²) in [4.78, 5) is 31.4. The lowest BCUT2D eigenvalue weighted by Gasteiger charge is -2.37. The van der Waals surface area contributed by atoms with E-state index in [9.17, 15) is 14.7 Å². The zero-order valence-electron chi connectivity index (χ0n) is 17.9. The number of aromatic carboxylic acids is 1. The van der Waals surface area contributed by atoms with Gasteiger partial charge in [-0.3, -0.25) is 4.98 Å². The van der Waals surface area contributed by atoms with Gasteiger partial charge in [0.25, 0.3) is 0 Å². The monoisotopic (exact) mass is 433 g/mol. The summed E-state index contributed by atoms with van der Waals surface area (Å²) in [6.07, 6.45) is 9.25. The molecule has 32 heavy (non-hydrogen) atoms. The molecule has 8 heteroatoms. The van der Waals surface area contributed by atoms with Gasteiger partial charge in [0.1, 0.15) is 0 Å². The Morgan fingerprint density at radius 3 is 2.56 bits per heavy atom. The van der Waals surface area contributed by atoms with Gasteiger partial charge < -0.3 is 15.3 Å². The maximum absolute atomic E-state index is 13.0. The van der Waals surface area contributed by atoms with Gasteiger partial charge in [0, 0.05) is 49.0 Å². The molecule has 2 fully saturated rings. The Morgan fingerprint density at radius 1 is 1.09 bits per heavy atom. The molecule has 1 saturated carbocycles. The molecule has 1 aromatic carbocycles. The molecule has 8 nitrogen and oxygen atoms in total. The van der Waals surface area contributed by atoms with Crippen molar-refractivity contribution in [2.24, 2.45) is 5.92 Å². The second kappa shape index (κ2) is 8.70. The van der Waals surface area contributed by atoms with Gasteiger partial charge in [-0.15, -0.1) is 0 Å². The highest BCUT2D eigenvalue weighted by Crippen LogP contribution is 2.28. The van der Waals surface area contributed by atoms with Crippen LogP contribution < -0.4 is 5.32 Å². The number of likely N-dealkylation sites (tertiary alicyclic amines) is 1. The second-order valence-corrected chi connectivity index (χ2v) is 8.86. The van der Waals surface area contributed by atoms with Gasteiger partial charge in [-0.2, -0.15) is 9.78 Å². The zero-order chi connectivity index (χ0) is 22.1. The number of hydrogen-bond acceptors (Lipinski definition) is 5. The van der Waals surface area contributed by atoms with Crippen molar-refractivity contribution in [2.45, 2.75) is 38.1 Å². The fourth-order valence-corrected chi connectivity index (χ4v) is 4.68. The van der Waals surface area contributed by atoms with E-state index in [1.807, 2.05) is 18.2 Å². The van der Waals surface area contributed by atoms with E-state index in [2.05, 4.69) is 20.3 Å². The van der Waals surface area contributed by atoms with Crippen molar-refractivity contribution in [3.63, 3.8) is 0 Å². The fourth-order valence-electron chi connectivity index (χ4n) is 4.68. The number of carbonyl (C=O) groups excluding carboxylic acids is 1. The number of nitrogens with zero attached hydrogens (tertiary/aromatic N) is 4. The molecule has 3 heterocycles. The molecule has 1 aliphatic carbocycles. The molecular formula is C24H27N5O3. The highest BCUT2D eigenvalue weighted by molar-refractivity contribution is 6.05. The molecule has 2 aromatic heterocycles. The predicted octanol–water partition coefficient (Wildman–Crippen LogP) is 3.62. The Balaban J connectivity index is 1.33. The van der Waals surface area contributed by atoms with Crippen molar-refractivity contribution in [3.8, 4) is 11.1 Å². The molecule has 0 radical (unpaired) electrons. The summed E-state index contributed by atoms with van der Waals surface area (Å²) < 4.78 is 1.19. The molecule has 0 atom stereocenters. The van der Waals surface area contributed by atoms with Crippen molar-refractivity contribution < 1.29 is 14.7 Å². The number of carboxylic acid groups (broad SMARTS) is 1. The number of carboxylic acids is 1. The van der Waals surface area contributed by atoms with Crippen molar-refractivity contribution in [2.75, 3.05) is 19.6 Å². The SMILES string of the molecule is O=C(O)c1nn(C(=O)NC2CCN(CC3CCC3)CC2)c2ccc(-c3cccnc3)cc12. The average Bonchev–Trinajstić information content (AvgIpc) is 3.17. The molecule has 166 valence electrons. The van der Waals surface area contributed by atoms with Crippen molar-refractivity contribution in [3.05, 3.63) is 48.4 Å². The van der Waals surface area contributed by atoms with Gasteiger partial charge in [-0.05, 0) is 55.4 Å². The van der Waals surface area contributed by atoms with E-state index < -0.39 is 5.97 Å². The highest BCUT2D eigenvalue weighted by atomic mass is 16.4. The van der Waals surface area contributed by atoms with Crippen molar-refractivity contribution in [1.29, 1.82) is 0 Å². The minimum Gasteiger partial charge on any atom is -0.476 e. The van der Waals surface area contributed by atoms with Crippen LogP contribution in [0.1, 0.15) is 42.6 Å². The van der Waals surface area contributed by atoms with Crippen LogP contribution in [0.5, 0.6) is 0 Å². The molecule has 0 spiro atoms. The molecule has 3 aromatic rings. The molecule has 1 saturated heterocycles. The summed E-state index contributed by atoms with van der Waals surface area (Å²) >= 11 is 0. The van der Waals surface area contributed by atoms with E-state index in [0.717, 1.165) is 43.0 Å². The van der Waals surface area contributed by atoms with Gasteiger partial charge in [-0.1, -0.05) is 18.6 Å². The molecular weight excluding hydrogens is 406 g/mol. The number of piperidine rings is 1. The van der Waals surface area contributed by atoms with Gasteiger partial charge in [0.15, 0.2) is 5.69 Å². The average molecular weight is 434 g/mol. The number of rotatable bonds is 5. The molecule has 0 unspecified atom stereocenters. The summed E-state index contributed by atoms with van der Waals surface area (Å²) in [5.74, 6) is -0.309. The van der Waals surface area contributed by atoms with Gasteiger partial charge >= 0.3 is 12.0 Å². The third-order valence-corrected chi connectivity index (χ3v) is 6.73. The summed E-state index contributed by atoms with van der Waals surface area (Å²) in [7, 11) is 0. The Hall–Kier alpha value is -3.26. The quantitative estimate of drug-likeness (QED) is 0.637. The topological polar surface area (TPSA) is 100 Å². The van der Waals surface area contributed by atoms with Crippen LogP contribution in [-0.2, 0) is 0 Å². The minimum atomic E-state index is -1.16. The van der Waals surface area contributed by atoms with Crippen LogP contribution in [0, 0.1) is 5.92 Å². The van der Waals surface area contributed by atoms with E-state index in [-0.39, 0.29) is 17.8 Å². The lowest BCUT2D eigenvalue weighted by atomic mass is 9.84. The van der Waals surface area contributed by atoms with Crippen LogP contribution in [0.2, 0.25) is 0 Å². The minimum absolute atomic E-state index is 0.0716. The first-order chi connectivity index (χ1) is 15.6. The summed E-state index contributed by atoms with van der Waals surface area (Å²) in [5.41, 5.74) is 2.05. The third kappa shape index (κ3) is 4.10. The first-order valence-corrected chi connectivity index (χ1v) is 11.3. The zero-order valence-corrected chi connectivity index (χ0v) is 17.9. The molecule has 0 bridgehead atoms. The number of carbonyl (C=O) groups is 2. The number of benzene rings is 1. The van der Waals surface area contributed by atoms with E-state index >= 15 is 0 Å². The van der Waals surface area contributed by atoms with Gasteiger partial charge in [-0.25, -0.2) is 9.59 Å². The summed E-state index contributed by atoms with van der Waals surface area (Å²) in [5, 5.41) is 17.3. The number of amides is 1. The highest BCUT2D eigenvalue weighted by Gasteiger charge is 2.27. The Labute approximate surface area is 186 Å². The third-order valence-electron chi connectivity index (χ3n) is 6.73. The number of hydrogen-bond donors (Lipinski definition) is 2. The molecule has 2 N–H and O–H groups in total. The fraction of sp³-hybridized carbons (Fsp3) is 0.417. The normalized spacial score (nSPS) is 17.9. The largest absolute Gasteiger partial charge is 0.476 e. The smallest absolute Gasteiger partial charge is 0.357 e. The number of fused-ring (bicyclic) bond motifs is 1. The first kappa shape index (κ1) is 20.6. The van der Waals surface area contributed by atoms with Crippen molar-refractivity contribution >= 4 is 22.9 Å². The molecule has 5 rings (SSSR count).